The van der Waals surface area contributed by atoms with Crippen molar-refractivity contribution in [2.24, 2.45) is 0 Å². The maximum absolute atomic E-state index is 4.24. The average molecular weight is 246 g/mol. The fourth-order valence-electron chi connectivity index (χ4n) is 2.01. The Morgan fingerprint density at radius 1 is 1.41 bits per heavy atom. The second kappa shape index (κ2) is 5.94. The fourth-order valence-corrected chi connectivity index (χ4v) is 2.76. The summed E-state index contributed by atoms with van der Waals surface area (Å²) in [5.41, 5.74) is 2.62. The molecule has 0 aliphatic heterocycles. The highest BCUT2D eigenvalue weighted by Gasteiger charge is 2.13. The van der Waals surface area contributed by atoms with Crippen molar-refractivity contribution in [3.8, 4) is 0 Å². The topological polar surface area (TPSA) is 24.9 Å². The maximum Gasteiger partial charge on any atom is 0.0386 e. The molecule has 2 nitrogen and oxygen atoms in total. The van der Waals surface area contributed by atoms with Crippen LogP contribution in [0.15, 0.2) is 36.0 Å². The highest BCUT2D eigenvalue weighted by Crippen LogP contribution is 2.23. The maximum atomic E-state index is 4.24. The Labute approximate surface area is 107 Å². The normalized spacial score (nSPS) is 12.6. The van der Waals surface area contributed by atoms with Crippen molar-refractivity contribution in [3.63, 3.8) is 0 Å². The van der Waals surface area contributed by atoms with Crippen LogP contribution in [-0.2, 0) is 6.42 Å². The third kappa shape index (κ3) is 3.14. The molecule has 0 amide bonds. The van der Waals surface area contributed by atoms with Gasteiger partial charge in [0.2, 0.25) is 0 Å². The quantitative estimate of drug-likeness (QED) is 0.875. The van der Waals surface area contributed by atoms with E-state index in [2.05, 4.69) is 47.7 Å². The lowest BCUT2D eigenvalue weighted by Gasteiger charge is -2.19. The van der Waals surface area contributed by atoms with Crippen LogP contribution in [0.25, 0.3) is 0 Å². The van der Waals surface area contributed by atoms with Crippen LogP contribution in [-0.4, -0.2) is 11.5 Å². The molecule has 1 N–H and O–H groups in total. The van der Waals surface area contributed by atoms with E-state index in [1.54, 1.807) is 0 Å². The van der Waals surface area contributed by atoms with E-state index in [-0.39, 0.29) is 0 Å². The summed E-state index contributed by atoms with van der Waals surface area (Å²) in [6.07, 6.45) is 4.88. The van der Waals surface area contributed by atoms with Gasteiger partial charge in [0.1, 0.15) is 0 Å². The minimum absolute atomic E-state index is 0.368. The molecule has 0 spiro atoms. The van der Waals surface area contributed by atoms with Crippen LogP contribution in [0.2, 0.25) is 0 Å². The summed E-state index contributed by atoms with van der Waals surface area (Å²) < 4.78 is 0. The predicted molar refractivity (Wildman–Crippen MR) is 73.4 cm³/mol. The molecular formula is C14H18N2S. The highest BCUT2D eigenvalue weighted by molar-refractivity contribution is 7.09. The summed E-state index contributed by atoms with van der Waals surface area (Å²) in [5, 5.41) is 5.68. The number of pyridine rings is 1. The van der Waals surface area contributed by atoms with Gasteiger partial charge in [-0.25, -0.2) is 0 Å². The molecule has 17 heavy (non-hydrogen) atoms. The molecular weight excluding hydrogens is 228 g/mol. The highest BCUT2D eigenvalue weighted by atomic mass is 32.1. The molecule has 3 heteroatoms. The molecule has 0 aromatic carbocycles. The lowest BCUT2D eigenvalue weighted by Crippen LogP contribution is -2.23. The van der Waals surface area contributed by atoms with Gasteiger partial charge in [-0.1, -0.05) is 13.0 Å². The van der Waals surface area contributed by atoms with Crippen molar-refractivity contribution in [1.82, 2.24) is 10.3 Å². The standard InChI is InChI=1S/C14H18N2S/c1-3-16-14(9-12-5-4-8-17-12)13-10-15-7-6-11(13)2/h4-8,10,14,16H,3,9H2,1-2H3. The van der Waals surface area contributed by atoms with Crippen LogP contribution in [0, 0.1) is 6.92 Å². The van der Waals surface area contributed by atoms with Gasteiger partial charge in [0.15, 0.2) is 0 Å². The van der Waals surface area contributed by atoms with Gasteiger partial charge in [0.25, 0.3) is 0 Å². The zero-order chi connectivity index (χ0) is 12.1. The Balaban J connectivity index is 2.20. The van der Waals surface area contributed by atoms with Gasteiger partial charge in [0.05, 0.1) is 0 Å². The second-order valence-corrected chi connectivity index (χ2v) is 5.16. The summed E-state index contributed by atoms with van der Waals surface area (Å²) >= 11 is 1.82. The lowest BCUT2D eigenvalue weighted by atomic mass is 10.0. The largest absolute Gasteiger partial charge is 0.310 e. The van der Waals surface area contributed by atoms with Gasteiger partial charge in [-0.05, 0) is 42.1 Å². The molecule has 90 valence electrons. The molecule has 0 aliphatic rings. The smallest absolute Gasteiger partial charge is 0.0386 e. The summed E-state index contributed by atoms with van der Waals surface area (Å²) in [7, 11) is 0. The number of rotatable bonds is 5. The molecule has 2 aromatic rings. The molecule has 0 bridgehead atoms. The number of aromatic nitrogens is 1. The summed E-state index contributed by atoms with van der Waals surface area (Å²) in [6.45, 7) is 5.27. The Morgan fingerprint density at radius 2 is 2.29 bits per heavy atom. The average Bonchev–Trinajstić information content (AvgIpc) is 2.82. The van der Waals surface area contributed by atoms with Crippen molar-refractivity contribution in [1.29, 1.82) is 0 Å². The molecule has 0 saturated carbocycles. The SMILES string of the molecule is CCNC(Cc1cccs1)c1cnccc1C. The van der Waals surface area contributed by atoms with Gasteiger partial charge in [0, 0.05) is 29.7 Å². The van der Waals surface area contributed by atoms with E-state index in [0.29, 0.717) is 6.04 Å². The summed E-state index contributed by atoms with van der Waals surface area (Å²) in [4.78, 5) is 5.66. The first-order chi connectivity index (χ1) is 8.31. The minimum Gasteiger partial charge on any atom is -0.310 e. The van der Waals surface area contributed by atoms with Crippen molar-refractivity contribution in [2.45, 2.75) is 26.3 Å². The molecule has 2 aromatic heterocycles. The summed E-state index contributed by atoms with van der Waals surface area (Å²) in [5.74, 6) is 0. The number of likely N-dealkylation sites (N-methyl/N-ethyl adjacent to an activating group) is 1. The number of hydrogen-bond donors (Lipinski definition) is 1. The molecule has 2 heterocycles. The number of hydrogen-bond acceptors (Lipinski definition) is 3. The van der Waals surface area contributed by atoms with E-state index < -0.39 is 0 Å². The molecule has 0 radical (unpaired) electrons. The van der Waals surface area contributed by atoms with Crippen molar-refractivity contribution in [3.05, 3.63) is 52.0 Å². The van der Waals surface area contributed by atoms with Crippen LogP contribution < -0.4 is 5.32 Å². The van der Waals surface area contributed by atoms with E-state index >= 15 is 0 Å². The Morgan fingerprint density at radius 3 is 2.94 bits per heavy atom. The van der Waals surface area contributed by atoms with Crippen LogP contribution in [0.1, 0.15) is 29.0 Å². The number of aryl methyl sites for hydroxylation is 1. The third-order valence-electron chi connectivity index (χ3n) is 2.89. The predicted octanol–water partition coefficient (Wildman–Crippen LogP) is 3.34. The molecule has 2 rings (SSSR count). The van der Waals surface area contributed by atoms with Crippen LogP contribution in [0.5, 0.6) is 0 Å². The zero-order valence-corrected chi connectivity index (χ0v) is 11.1. The third-order valence-corrected chi connectivity index (χ3v) is 3.79. The van der Waals surface area contributed by atoms with Crippen molar-refractivity contribution >= 4 is 11.3 Å². The minimum atomic E-state index is 0.368. The molecule has 0 saturated heterocycles. The van der Waals surface area contributed by atoms with E-state index in [9.17, 15) is 0 Å². The van der Waals surface area contributed by atoms with Gasteiger partial charge in [-0.3, -0.25) is 4.98 Å². The summed E-state index contributed by atoms with van der Waals surface area (Å²) in [6, 6.07) is 6.75. The second-order valence-electron chi connectivity index (χ2n) is 4.13. The lowest BCUT2D eigenvalue weighted by molar-refractivity contribution is 0.549. The van der Waals surface area contributed by atoms with E-state index in [0.717, 1.165) is 13.0 Å². The number of thiophene rings is 1. The van der Waals surface area contributed by atoms with E-state index in [1.807, 2.05) is 23.7 Å². The number of nitrogens with one attached hydrogen (secondary N) is 1. The molecule has 0 fully saturated rings. The monoisotopic (exact) mass is 246 g/mol. The molecule has 1 atom stereocenters. The van der Waals surface area contributed by atoms with Crippen LogP contribution >= 0.6 is 11.3 Å². The van der Waals surface area contributed by atoms with Gasteiger partial charge >= 0.3 is 0 Å². The Kier molecular flexibility index (Phi) is 4.29. The first-order valence-corrected chi connectivity index (χ1v) is 6.85. The molecule has 1 unspecified atom stereocenters. The molecule has 0 aliphatic carbocycles. The Bertz CT molecular complexity index is 451. The van der Waals surface area contributed by atoms with E-state index in [4.69, 9.17) is 0 Å². The van der Waals surface area contributed by atoms with Gasteiger partial charge in [-0.2, -0.15) is 0 Å². The first-order valence-electron chi connectivity index (χ1n) is 5.97. The Hall–Kier alpha value is -1.19. The van der Waals surface area contributed by atoms with Crippen LogP contribution in [0.4, 0.5) is 0 Å². The van der Waals surface area contributed by atoms with Crippen LogP contribution in [0.3, 0.4) is 0 Å². The van der Waals surface area contributed by atoms with Crippen molar-refractivity contribution in [2.75, 3.05) is 6.54 Å². The van der Waals surface area contributed by atoms with Gasteiger partial charge in [-0.15, -0.1) is 11.3 Å². The van der Waals surface area contributed by atoms with Crippen molar-refractivity contribution < 1.29 is 0 Å². The van der Waals surface area contributed by atoms with E-state index in [1.165, 1.54) is 16.0 Å². The zero-order valence-electron chi connectivity index (χ0n) is 10.3. The number of nitrogens with zero attached hydrogens (tertiary/aromatic N) is 1. The first kappa shape index (κ1) is 12.3. The fraction of sp³-hybridized carbons (Fsp3) is 0.357. The van der Waals surface area contributed by atoms with Gasteiger partial charge < -0.3 is 5.32 Å².